The van der Waals surface area contributed by atoms with Crippen LogP contribution in [0.4, 0.5) is 4.79 Å². The molecule has 8 heteroatoms. The molecular weight excluding hydrogens is 448 g/mol. The van der Waals surface area contributed by atoms with Crippen LogP contribution >= 0.6 is 0 Å². The molecule has 8 nitrogen and oxygen atoms in total. The molecular formula is C27H28N2O6. The average molecular weight is 477 g/mol. The van der Waals surface area contributed by atoms with Crippen LogP contribution in [-0.2, 0) is 19.1 Å². The smallest absolute Gasteiger partial charge is 0.407 e. The van der Waals surface area contributed by atoms with Crippen LogP contribution < -0.4 is 10.6 Å². The van der Waals surface area contributed by atoms with Crippen molar-refractivity contribution >= 4 is 18.0 Å². The van der Waals surface area contributed by atoms with E-state index in [9.17, 15) is 19.5 Å². The highest BCUT2D eigenvalue weighted by Crippen LogP contribution is 2.44. The second-order valence-corrected chi connectivity index (χ2v) is 9.22. The summed E-state index contributed by atoms with van der Waals surface area (Å²) in [7, 11) is 0. The molecule has 3 atom stereocenters. The van der Waals surface area contributed by atoms with Gasteiger partial charge in [0.2, 0.25) is 5.91 Å². The van der Waals surface area contributed by atoms with E-state index < -0.39 is 18.2 Å². The van der Waals surface area contributed by atoms with Crippen molar-refractivity contribution in [3.63, 3.8) is 0 Å². The first-order chi connectivity index (χ1) is 17.0. The van der Waals surface area contributed by atoms with Gasteiger partial charge < -0.3 is 25.2 Å². The number of benzene rings is 2. The Morgan fingerprint density at radius 1 is 1.03 bits per heavy atom. The van der Waals surface area contributed by atoms with Crippen LogP contribution in [0.15, 0.2) is 60.2 Å². The van der Waals surface area contributed by atoms with Gasteiger partial charge in [-0.25, -0.2) is 9.59 Å². The number of carboxylic acids is 1. The lowest BCUT2D eigenvalue weighted by Gasteiger charge is -2.17. The molecule has 1 unspecified atom stereocenters. The largest absolute Gasteiger partial charge is 0.479 e. The monoisotopic (exact) mass is 476 g/mol. The van der Waals surface area contributed by atoms with Crippen LogP contribution in [0.25, 0.3) is 11.1 Å². The summed E-state index contributed by atoms with van der Waals surface area (Å²) in [4.78, 5) is 36.3. The standard InChI is InChI=1S/C27H28N2O6/c30-25(28-14-17-11-12-34-24(17)26(31)32)16-9-10-18(13-16)29-27(33)35-15-23-21-7-3-1-5-19(21)20-6-2-4-8-22(20)23/h1-9,17-18,23-24H,10-15H2,(H,28,30)(H,29,33)(H,31,32)/t17-,18?,24-/m1/s1. The molecule has 0 aromatic heterocycles. The van der Waals surface area contributed by atoms with Crippen LogP contribution in [0.1, 0.15) is 36.3 Å². The lowest BCUT2D eigenvalue weighted by atomic mass is 9.98. The van der Waals surface area contributed by atoms with E-state index in [0.29, 0.717) is 31.4 Å². The van der Waals surface area contributed by atoms with Gasteiger partial charge in [-0.3, -0.25) is 4.79 Å². The first-order valence-electron chi connectivity index (χ1n) is 11.9. The van der Waals surface area contributed by atoms with Crippen molar-refractivity contribution in [1.82, 2.24) is 10.6 Å². The van der Waals surface area contributed by atoms with E-state index >= 15 is 0 Å². The number of carbonyl (C=O) groups excluding carboxylic acids is 2. The van der Waals surface area contributed by atoms with E-state index in [1.807, 2.05) is 30.3 Å². The first kappa shape index (κ1) is 23.1. The fourth-order valence-electron chi connectivity index (χ4n) is 5.27. The Kier molecular flexibility index (Phi) is 6.55. The van der Waals surface area contributed by atoms with E-state index in [-0.39, 0.29) is 36.9 Å². The molecule has 1 fully saturated rings. The van der Waals surface area contributed by atoms with Gasteiger partial charge in [0.25, 0.3) is 0 Å². The molecule has 0 spiro atoms. The summed E-state index contributed by atoms with van der Waals surface area (Å²) in [6.07, 6.45) is 1.97. The van der Waals surface area contributed by atoms with Crippen LogP contribution in [0, 0.1) is 5.92 Å². The summed E-state index contributed by atoms with van der Waals surface area (Å²) in [5, 5.41) is 14.9. The van der Waals surface area contributed by atoms with Gasteiger partial charge in [0.15, 0.2) is 6.10 Å². The zero-order valence-corrected chi connectivity index (χ0v) is 19.2. The molecule has 1 aliphatic heterocycles. The number of alkyl carbamates (subject to hydrolysis) is 1. The number of carbonyl (C=O) groups is 3. The molecule has 35 heavy (non-hydrogen) atoms. The molecule has 2 aromatic carbocycles. The number of fused-ring (bicyclic) bond motifs is 3. The molecule has 2 aromatic rings. The predicted molar refractivity (Wildman–Crippen MR) is 128 cm³/mol. The SMILES string of the molecule is O=C(NC1CC=C(C(=O)NC[C@H]2CCO[C@H]2C(=O)O)C1)OCC1c2ccccc2-c2ccccc21. The number of ether oxygens (including phenoxy) is 2. The number of nitrogens with one attached hydrogen (secondary N) is 2. The summed E-state index contributed by atoms with van der Waals surface area (Å²) >= 11 is 0. The Balaban J connectivity index is 1.10. The second-order valence-electron chi connectivity index (χ2n) is 9.22. The third kappa shape index (κ3) is 4.79. The first-order valence-corrected chi connectivity index (χ1v) is 11.9. The fraction of sp³-hybridized carbons (Fsp3) is 0.370. The van der Waals surface area contributed by atoms with Crippen LogP contribution in [0.3, 0.4) is 0 Å². The molecule has 0 radical (unpaired) electrons. The van der Waals surface area contributed by atoms with Gasteiger partial charge in [-0.05, 0) is 41.5 Å². The van der Waals surface area contributed by atoms with E-state index in [0.717, 1.165) is 11.1 Å². The minimum absolute atomic E-state index is 0.00890. The predicted octanol–water partition coefficient (Wildman–Crippen LogP) is 3.22. The summed E-state index contributed by atoms with van der Waals surface area (Å²) in [5.41, 5.74) is 5.24. The summed E-state index contributed by atoms with van der Waals surface area (Å²) in [5.74, 6) is -1.49. The lowest BCUT2D eigenvalue weighted by Crippen LogP contribution is -2.38. The minimum atomic E-state index is -1.01. The van der Waals surface area contributed by atoms with Crippen molar-refractivity contribution in [2.24, 2.45) is 5.92 Å². The minimum Gasteiger partial charge on any atom is -0.479 e. The number of amides is 2. The number of hydrogen-bond acceptors (Lipinski definition) is 5. The third-order valence-electron chi connectivity index (χ3n) is 7.05. The molecule has 182 valence electrons. The molecule has 3 aliphatic rings. The summed E-state index contributed by atoms with van der Waals surface area (Å²) in [6.45, 7) is 0.867. The number of aliphatic carboxylic acids is 1. The second kappa shape index (κ2) is 9.92. The molecule has 5 rings (SSSR count). The fourth-order valence-corrected chi connectivity index (χ4v) is 5.27. The van der Waals surface area contributed by atoms with Gasteiger partial charge >= 0.3 is 12.1 Å². The van der Waals surface area contributed by atoms with E-state index in [1.165, 1.54) is 11.1 Å². The van der Waals surface area contributed by atoms with Crippen LogP contribution in [0.2, 0.25) is 0 Å². The highest BCUT2D eigenvalue weighted by molar-refractivity contribution is 5.94. The Hall–Kier alpha value is -3.65. The highest BCUT2D eigenvalue weighted by Gasteiger charge is 2.35. The van der Waals surface area contributed by atoms with Gasteiger partial charge in [-0.2, -0.15) is 0 Å². The lowest BCUT2D eigenvalue weighted by molar-refractivity contribution is -0.149. The number of rotatable bonds is 7. The van der Waals surface area contributed by atoms with Crippen LogP contribution in [0.5, 0.6) is 0 Å². The Morgan fingerprint density at radius 2 is 1.71 bits per heavy atom. The normalized spacial score (nSPS) is 22.7. The van der Waals surface area contributed by atoms with Gasteiger partial charge in [-0.15, -0.1) is 0 Å². The molecule has 1 heterocycles. The Morgan fingerprint density at radius 3 is 2.40 bits per heavy atom. The maximum Gasteiger partial charge on any atom is 0.407 e. The average Bonchev–Trinajstić information content (AvgIpc) is 3.59. The Bertz CT molecular complexity index is 1130. The molecule has 1 saturated heterocycles. The van der Waals surface area contributed by atoms with Crippen molar-refractivity contribution in [3.05, 3.63) is 71.3 Å². The molecule has 0 bridgehead atoms. The molecule has 3 N–H and O–H groups in total. The number of hydrogen-bond donors (Lipinski definition) is 3. The molecule has 2 aliphatic carbocycles. The van der Waals surface area contributed by atoms with Gasteiger partial charge in [0.1, 0.15) is 6.61 Å². The molecule has 2 amide bonds. The third-order valence-corrected chi connectivity index (χ3v) is 7.05. The van der Waals surface area contributed by atoms with Crippen molar-refractivity contribution in [2.75, 3.05) is 19.8 Å². The van der Waals surface area contributed by atoms with E-state index in [4.69, 9.17) is 9.47 Å². The van der Waals surface area contributed by atoms with E-state index in [1.54, 1.807) is 0 Å². The number of carboxylic acid groups (broad SMARTS) is 1. The topological polar surface area (TPSA) is 114 Å². The zero-order chi connectivity index (χ0) is 24.4. The quantitative estimate of drug-likeness (QED) is 0.566. The highest BCUT2D eigenvalue weighted by atomic mass is 16.5. The van der Waals surface area contributed by atoms with Gasteiger partial charge in [0.05, 0.1) is 0 Å². The van der Waals surface area contributed by atoms with E-state index in [2.05, 4.69) is 34.9 Å². The van der Waals surface area contributed by atoms with Crippen LogP contribution in [-0.4, -0.2) is 55.0 Å². The van der Waals surface area contributed by atoms with Crippen molar-refractivity contribution in [2.45, 2.75) is 37.3 Å². The van der Waals surface area contributed by atoms with Gasteiger partial charge in [0, 0.05) is 36.6 Å². The maximum atomic E-state index is 12.5. The molecule has 0 saturated carbocycles. The zero-order valence-electron chi connectivity index (χ0n) is 19.2. The summed E-state index contributed by atoms with van der Waals surface area (Å²) in [6, 6.07) is 16.1. The Labute approximate surface area is 203 Å². The van der Waals surface area contributed by atoms with Crippen molar-refractivity contribution in [3.8, 4) is 11.1 Å². The van der Waals surface area contributed by atoms with Gasteiger partial charge in [-0.1, -0.05) is 54.6 Å². The van der Waals surface area contributed by atoms with Crippen molar-refractivity contribution < 1.29 is 29.0 Å². The van der Waals surface area contributed by atoms with Crippen molar-refractivity contribution in [1.29, 1.82) is 0 Å². The maximum absolute atomic E-state index is 12.5. The summed E-state index contributed by atoms with van der Waals surface area (Å²) < 4.78 is 10.8.